The quantitative estimate of drug-likeness (QED) is 0.164. The van der Waals surface area contributed by atoms with Crippen molar-refractivity contribution in [1.29, 1.82) is 0 Å². The van der Waals surface area contributed by atoms with E-state index in [0.29, 0.717) is 0 Å². The van der Waals surface area contributed by atoms with Crippen LogP contribution in [-0.2, 0) is 10.8 Å². The second kappa shape index (κ2) is 15.7. The number of para-hydroxylation sites is 2. The molecule has 10 aromatic carbocycles. The van der Waals surface area contributed by atoms with Gasteiger partial charge in [0.1, 0.15) is 55.8 Å². The van der Waals surface area contributed by atoms with Gasteiger partial charge in [-0.05, 0) is 131 Å². The third-order valence-electron chi connectivity index (χ3n) is 15.4. The molecule has 0 aliphatic heterocycles. The van der Waals surface area contributed by atoms with Crippen molar-refractivity contribution in [3.8, 4) is 0 Å². The van der Waals surface area contributed by atoms with Crippen LogP contribution < -0.4 is 9.80 Å². The summed E-state index contributed by atoms with van der Waals surface area (Å²) in [5.74, 6) is 0. The van der Waals surface area contributed by atoms with Gasteiger partial charge in [0.2, 0.25) is 0 Å². The van der Waals surface area contributed by atoms with E-state index >= 15 is 0 Å². The van der Waals surface area contributed by atoms with Crippen LogP contribution in [0.4, 0.5) is 34.1 Å². The second-order valence-corrected chi connectivity index (χ2v) is 22.2. The Hall–Kier alpha value is -9.20. The second-order valence-electron chi connectivity index (χ2n) is 22.2. The van der Waals surface area contributed by atoms with Gasteiger partial charge in [0.25, 0.3) is 0 Å². The van der Waals surface area contributed by atoms with Crippen LogP contribution in [0.5, 0.6) is 0 Å². The molecule has 0 N–H and O–H groups in total. The predicted molar refractivity (Wildman–Crippen MR) is 310 cm³/mol. The molecule has 0 unspecified atom stereocenters. The van der Waals surface area contributed by atoms with E-state index in [1.807, 2.05) is 24.3 Å². The molecule has 0 radical (unpaired) electrons. The highest BCUT2D eigenvalue weighted by Crippen LogP contribution is 2.46. The van der Waals surface area contributed by atoms with E-state index in [1.165, 1.54) is 11.1 Å². The molecule has 0 amide bonds. The zero-order chi connectivity index (χ0) is 50.5. The molecule has 7 nitrogen and oxygen atoms in total. The summed E-state index contributed by atoms with van der Waals surface area (Å²) in [5, 5.41) is 10.3. The lowest BCUT2D eigenvalue weighted by atomic mass is 9.87. The Morgan fingerprint density at radius 2 is 0.467 bits per heavy atom. The number of nitrogens with zero attached hydrogens (tertiary/aromatic N) is 2. The first-order valence-electron chi connectivity index (χ1n) is 25.7. The average molecular weight is 975 g/mol. The Morgan fingerprint density at radius 3 is 0.787 bits per heavy atom. The highest BCUT2D eigenvalue weighted by Gasteiger charge is 2.23. The number of hydrogen-bond donors (Lipinski definition) is 0. The van der Waals surface area contributed by atoms with E-state index in [-0.39, 0.29) is 10.8 Å². The van der Waals surface area contributed by atoms with Gasteiger partial charge < -0.3 is 31.9 Å². The van der Waals surface area contributed by atoms with Gasteiger partial charge in [-0.15, -0.1) is 0 Å². The summed E-state index contributed by atoms with van der Waals surface area (Å²) in [5.41, 5.74) is 16.7. The summed E-state index contributed by atoms with van der Waals surface area (Å²) in [7, 11) is 0. The maximum atomic E-state index is 6.80. The Morgan fingerprint density at radius 1 is 0.227 bits per heavy atom. The molecule has 0 bridgehead atoms. The Balaban J connectivity index is 0.820. The Labute approximate surface area is 431 Å². The maximum absolute atomic E-state index is 6.80. The molecule has 0 saturated heterocycles. The zero-order valence-corrected chi connectivity index (χ0v) is 42.4. The van der Waals surface area contributed by atoms with Crippen molar-refractivity contribution in [2.24, 2.45) is 0 Å². The summed E-state index contributed by atoms with van der Waals surface area (Å²) < 4.78 is 33.1. The largest absolute Gasteiger partial charge is 0.456 e. The molecule has 0 aliphatic carbocycles. The van der Waals surface area contributed by atoms with Gasteiger partial charge in [0, 0.05) is 112 Å². The molecular formula is C68H50N2O5. The predicted octanol–water partition coefficient (Wildman–Crippen LogP) is 20.7. The fraction of sp³-hybridized carbons (Fsp3) is 0.118. The molecule has 5 aromatic heterocycles. The third kappa shape index (κ3) is 6.88. The molecular weight excluding hydrogens is 925 g/mol. The standard InChI is InChI=1S/C68H50N2O5/c1-67(2,3)39-15-19-41(20-16-39)69(43-23-27-49-47-11-7-9-13-57(47)71-59(49)31-43)45-25-29-51-53-35-65-55(37-63(53)73-61(51)33-45)56-38-64-54(36-66(56)75-65)52-30-26-46(34-62(52)74-64)70(42-21-17-40(18-22-42)68(4,5)6)44-24-28-50-48-12-8-10-14-58(48)72-60(50)32-44/h7-38H,1-6H3. The van der Waals surface area contributed by atoms with E-state index in [2.05, 4.69) is 221 Å². The van der Waals surface area contributed by atoms with Gasteiger partial charge in [-0.25, -0.2) is 0 Å². The van der Waals surface area contributed by atoms with Crippen molar-refractivity contribution in [2.45, 2.75) is 52.4 Å². The van der Waals surface area contributed by atoms with Gasteiger partial charge in [-0.2, -0.15) is 0 Å². The lowest BCUT2D eigenvalue weighted by Crippen LogP contribution is -2.13. The minimum absolute atomic E-state index is 0.0218. The van der Waals surface area contributed by atoms with Crippen LogP contribution in [0, 0.1) is 0 Å². The van der Waals surface area contributed by atoms with Crippen LogP contribution in [0.25, 0.3) is 110 Å². The maximum Gasteiger partial charge on any atom is 0.137 e. The minimum Gasteiger partial charge on any atom is -0.456 e. The molecule has 362 valence electrons. The van der Waals surface area contributed by atoms with Gasteiger partial charge in [-0.3, -0.25) is 0 Å². The molecule has 0 spiro atoms. The zero-order valence-electron chi connectivity index (χ0n) is 42.4. The van der Waals surface area contributed by atoms with Crippen molar-refractivity contribution < 1.29 is 22.1 Å². The smallest absolute Gasteiger partial charge is 0.137 e. The number of fused-ring (bicyclic) bond motifs is 15. The van der Waals surface area contributed by atoms with Crippen LogP contribution in [0.2, 0.25) is 0 Å². The highest BCUT2D eigenvalue weighted by molar-refractivity contribution is 6.19. The minimum atomic E-state index is 0.0218. The summed E-state index contributed by atoms with van der Waals surface area (Å²) in [6.07, 6.45) is 0. The average Bonchev–Trinajstić information content (AvgIpc) is 4.26. The number of hydrogen-bond acceptors (Lipinski definition) is 7. The molecule has 75 heavy (non-hydrogen) atoms. The van der Waals surface area contributed by atoms with E-state index in [0.717, 1.165) is 144 Å². The summed E-state index contributed by atoms with van der Waals surface area (Å²) in [4.78, 5) is 4.55. The van der Waals surface area contributed by atoms with Crippen LogP contribution in [-0.4, -0.2) is 0 Å². The molecule has 15 aromatic rings. The number of anilines is 6. The lowest BCUT2D eigenvalue weighted by Gasteiger charge is -2.27. The van der Waals surface area contributed by atoms with Crippen LogP contribution >= 0.6 is 0 Å². The first kappa shape index (κ1) is 43.4. The summed E-state index contributed by atoms with van der Waals surface area (Å²) in [6.45, 7) is 13.5. The van der Waals surface area contributed by atoms with Crippen molar-refractivity contribution in [1.82, 2.24) is 0 Å². The van der Waals surface area contributed by atoms with Gasteiger partial charge >= 0.3 is 0 Å². The SMILES string of the molecule is CC(C)(C)c1ccc(N(c2ccc3c(c2)oc2ccccc23)c2ccc3c(c2)oc2cc4c(cc23)oc2cc3c(cc24)oc2cc(N(c4ccc(C(C)(C)C)cc4)c4ccc5c(c4)oc4ccccc45)ccc23)cc1. The molecule has 0 atom stereocenters. The fourth-order valence-corrected chi connectivity index (χ4v) is 11.4. The normalized spacial score (nSPS) is 12.7. The van der Waals surface area contributed by atoms with Crippen molar-refractivity contribution in [2.75, 3.05) is 9.80 Å². The number of benzene rings is 10. The van der Waals surface area contributed by atoms with Gasteiger partial charge in [-0.1, -0.05) is 102 Å². The monoisotopic (exact) mass is 974 g/mol. The summed E-state index contributed by atoms with van der Waals surface area (Å²) >= 11 is 0. The molecule has 7 heteroatoms. The first-order chi connectivity index (χ1) is 36.4. The number of furan rings is 5. The van der Waals surface area contributed by atoms with E-state index in [1.54, 1.807) is 0 Å². The Bertz CT molecular complexity index is 4490. The van der Waals surface area contributed by atoms with Crippen LogP contribution in [0.15, 0.2) is 216 Å². The topological polar surface area (TPSA) is 72.2 Å². The van der Waals surface area contributed by atoms with Crippen LogP contribution in [0.3, 0.4) is 0 Å². The summed E-state index contributed by atoms with van der Waals surface area (Å²) in [6, 6.07) is 68.5. The Kier molecular flexibility index (Phi) is 9.06. The number of rotatable bonds is 6. The molecule has 0 aliphatic rings. The molecule has 0 fully saturated rings. The fourth-order valence-electron chi connectivity index (χ4n) is 11.4. The van der Waals surface area contributed by atoms with E-state index in [4.69, 9.17) is 22.1 Å². The molecule has 15 rings (SSSR count). The third-order valence-corrected chi connectivity index (χ3v) is 15.4. The van der Waals surface area contributed by atoms with E-state index < -0.39 is 0 Å². The van der Waals surface area contributed by atoms with Gasteiger partial charge in [0.05, 0.1) is 0 Å². The lowest BCUT2D eigenvalue weighted by molar-refractivity contribution is 0.590. The van der Waals surface area contributed by atoms with Crippen LogP contribution in [0.1, 0.15) is 52.7 Å². The van der Waals surface area contributed by atoms with Crippen molar-refractivity contribution >= 4 is 144 Å². The first-order valence-corrected chi connectivity index (χ1v) is 25.7. The van der Waals surface area contributed by atoms with Crippen molar-refractivity contribution in [3.05, 3.63) is 205 Å². The highest BCUT2D eigenvalue weighted by atomic mass is 16.3. The molecule has 5 heterocycles. The van der Waals surface area contributed by atoms with Gasteiger partial charge in [0.15, 0.2) is 0 Å². The van der Waals surface area contributed by atoms with Crippen molar-refractivity contribution in [3.63, 3.8) is 0 Å². The van der Waals surface area contributed by atoms with E-state index in [9.17, 15) is 0 Å². The molecule has 0 saturated carbocycles.